The normalized spacial score (nSPS) is 18.8. The molecule has 2 N–H and O–H groups in total. The van der Waals surface area contributed by atoms with Crippen molar-refractivity contribution in [1.82, 2.24) is 9.29 Å². The maximum absolute atomic E-state index is 12.2. The van der Waals surface area contributed by atoms with Crippen LogP contribution in [-0.2, 0) is 14.8 Å². The minimum absolute atomic E-state index is 0.175. The Kier molecular flexibility index (Phi) is 3.60. The Labute approximate surface area is 100 Å². The van der Waals surface area contributed by atoms with Gasteiger partial charge in [0.25, 0.3) is 0 Å². The van der Waals surface area contributed by atoms with Crippen LogP contribution in [-0.4, -0.2) is 44.0 Å². The van der Waals surface area contributed by atoms with Crippen LogP contribution in [0, 0.1) is 0 Å². The summed E-state index contributed by atoms with van der Waals surface area (Å²) in [6.45, 7) is 1.90. The lowest BCUT2D eigenvalue weighted by molar-refractivity contribution is 0.148. The summed E-state index contributed by atoms with van der Waals surface area (Å²) in [7, 11) is -3.47. The molecule has 1 aliphatic rings. The van der Waals surface area contributed by atoms with Crippen LogP contribution in [0.2, 0.25) is 0 Å². The molecule has 17 heavy (non-hydrogen) atoms. The SMILES string of the molecule is Nc1ccc(S(=O)(=O)N2CCCOCC2)cn1. The first-order valence-corrected chi connectivity index (χ1v) is 6.84. The maximum Gasteiger partial charge on any atom is 0.244 e. The van der Waals surface area contributed by atoms with E-state index in [4.69, 9.17) is 10.5 Å². The number of ether oxygens (including phenoxy) is 1. The minimum atomic E-state index is -3.47. The van der Waals surface area contributed by atoms with Crippen molar-refractivity contribution in [3.05, 3.63) is 18.3 Å². The van der Waals surface area contributed by atoms with Crippen LogP contribution < -0.4 is 5.73 Å². The molecule has 2 heterocycles. The standard InChI is InChI=1S/C10H15N3O3S/c11-10-3-2-9(8-12-10)17(14,15)13-4-1-6-16-7-5-13/h2-3,8H,1,4-7H2,(H2,11,12). The zero-order chi connectivity index (χ0) is 12.3. The molecule has 0 radical (unpaired) electrons. The second-order valence-corrected chi connectivity index (χ2v) is 5.73. The molecule has 1 fully saturated rings. The third-order valence-corrected chi connectivity index (χ3v) is 4.46. The molecule has 94 valence electrons. The molecule has 0 spiro atoms. The second-order valence-electron chi connectivity index (χ2n) is 3.79. The van der Waals surface area contributed by atoms with Crippen molar-refractivity contribution in [3.63, 3.8) is 0 Å². The summed E-state index contributed by atoms with van der Waals surface area (Å²) in [6.07, 6.45) is 2.00. The molecule has 2 rings (SSSR count). The predicted molar refractivity (Wildman–Crippen MR) is 62.8 cm³/mol. The first-order valence-electron chi connectivity index (χ1n) is 5.40. The van der Waals surface area contributed by atoms with Gasteiger partial charge in [0.2, 0.25) is 10.0 Å². The van der Waals surface area contributed by atoms with Crippen LogP contribution in [0.25, 0.3) is 0 Å². The molecular formula is C10H15N3O3S. The van der Waals surface area contributed by atoms with E-state index in [1.807, 2.05) is 0 Å². The van der Waals surface area contributed by atoms with Crippen LogP contribution >= 0.6 is 0 Å². The van der Waals surface area contributed by atoms with Crippen LogP contribution in [0.1, 0.15) is 6.42 Å². The number of sulfonamides is 1. The zero-order valence-electron chi connectivity index (χ0n) is 9.37. The van der Waals surface area contributed by atoms with Gasteiger partial charge in [0.1, 0.15) is 10.7 Å². The third-order valence-electron chi connectivity index (χ3n) is 2.58. The van der Waals surface area contributed by atoms with Gasteiger partial charge in [-0.1, -0.05) is 0 Å². The molecule has 0 bridgehead atoms. The van der Waals surface area contributed by atoms with Crippen LogP contribution in [0.3, 0.4) is 0 Å². The highest BCUT2D eigenvalue weighted by Crippen LogP contribution is 2.16. The Balaban J connectivity index is 2.25. The minimum Gasteiger partial charge on any atom is -0.384 e. The Morgan fingerprint density at radius 2 is 2.12 bits per heavy atom. The monoisotopic (exact) mass is 257 g/mol. The van der Waals surface area contributed by atoms with Gasteiger partial charge in [0.05, 0.1) is 6.61 Å². The van der Waals surface area contributed by atoms with E-state index in [0.717, 1.165) is 0 Å². The molecule has 0 unspecified atom stereocenters. The van der Waals surface area contributed by atoms with Gasteiger partial charge in [-0.15, -0.1) is 0 Å². The Morgan fingerprint density at radius 3 is 2.82 bits per heavy atom. The lowest BCUT2D eigenvalue weighted by Gasteiger charge is -2.18. The average molecular weight is 257 g/mol. The molecule has 0 saturated carbocycles. The number of hydrogen-bond donors (Lipinski definition) is 1. The summed E-state index contributed by atoms with van der Waals surface area (Å²) in [4.78, 5) is 3.98. The van der Waals surface area contributed by atoms with Crippen molar-refractivity contribution in [2.75, 3.05) is 32.0 Å². The number of anilines is 1. The molecule has 0 atom stereocenters. The fraction of sp³-hybridized carbons (Fsp3) is 0.500. The highest BCUT2D eigenvalue weighted by Gasteiger charge is 2.25. The van der Waals surface area contributed by atoms with E-state index >= 15 is 0 Å². The van der Waals surface area contributed by atoms with Crippen molar-refractivity contribution in [3.8, 4) is 0 Å². The molecule has 0 aliphatic carbocycles. The van der Waals surface area contributed by atoms with E-state index in [-0.39, 0.29) is 4.90 Å². The van der Waals surface area contributed by atoms with Gasteiger partial charge >= 0.3 is 0 Å². The number of pyridine rings is 1. The first-order chi connectivity index (χ1) is 8.10. The summed E-state index contributed by atoms with van der Waals surface area (Å²) in [5.41, 5.74) is 5.43. The van der Waals surface area contributed by atoms with Crippen LogP contribution in [0.5, 0.6) is 0 Å². The number of nitrogens with two attached hydrogens (primary N) is 1. The second kappa shape index (κ2) is 4.99. The van der Waals surface area contributed by atoms with E-state index in [1.165, 1.54) is 22.6 Å². The quantitative estimate of drug-likeness (QED) is 0.810. The molecule has 6 nitrogen and oxygen atoms in total. The van der Waals surface area contributed by atoms with E-state index in [0.29, 0.717) is 38.5 Å². The average Bonchev–Trinajstić information content (AvgIpc) is 2.58. The zero-order valence-corrected chi connectivity index (χ0v) is 10.2. The molecule has 1 aromatic rings. The van der Waals surface area contributed by atoms with Gasteiger partial charge in [-0.2, -0.15) is 4.31 Å². The van der Waals surface area contributed by atoms with Crippen molar-refractivity contribution in [2.45, 2.75) is 11.3 Å². The molecule has 0 aromatic carbocycles. The van der Waals surface area contributed by atoms with Gasteiger partial charge in [0, 0.05) is 25.9 Å². The van der Waals surface area contributed by atoms with Crippen molar-refractivity contribution in [2.24, 2.45) is 0 Å². The van der Waals surface area contributed by atoms with Gasteiger partial charge in [-0.25, -0.2) is 13.4 Å². The highest BCUT2D eigenvalue weighted by atomic mass is 32.2. The summed E-state index contributed by atoms with van der Waals surface area (Å²) in [6, 6.07) is 2.96. The summed E-state index contributed by atoms with van der Waals surface area (Å²) < 4.78 is 31.1. The molecule has 0 amide bonds. The number of hydrogen-bond acceptors (Lipinski definition) is 5. The molecule has 1 aliphatic heterocycles. The number of nitrogen functional groups attached to an aromatic ring is 1. The molecule has 7 heteroatoms. The van der Waals surface area contributed by atoms with Gasteiger partial charge < -0.3 is 10.5 Å². The first kappa shape index (κ1) is 12.3. The fourth-order valence-electron chi connectivity index (χ4n) is 1.66. The lowest BCUT2D eigenvalue weighted by Crippen LogP contribution is -2.33. The summed E-state index contributed by atoms with van der Waals surface area (Å²) in [5, 5.41) is 0. The van der Waals surface area contributed by atoms with E-state index in [9.17, 15) is 8.42 Å². The van der Waals surface area contributed by atoms with Gasteiger partial charge in [-0.3, -0.25) is 0 Å². The van der Waals surface area contributed by atoms with E-state index < -0.39 is 10.0 Å². The molecule has 1 saturated heterocycles. The number of aromatic nitrogens is 1. The largest absolute Gasteiger partial charge is 0.384 e. The Morgan fingerprint density at radius 1 is 1.29 bits per heavy atom. The fourth-order valence-corrected chi connectivity index (χ4v) is 3.07. The maximum atomic E-state index is 12.2. The van der Waals surface area contributed by atoms with Crippen LogP contribution in [0.4, 0.5) is 5.82 Å². The van der Waals surface area contributed by atoms with Crippen molar-refractivity contribution < 1.29 is 13.2 Å². The van der Waals surface area contributed by atoms with Gasteiger partial charge in [-0.05, 0) is 18.6 Å². The molecular weight excluding hydrogens is 242 g/mol. The van der Waals surface area contributed by atoms with E-state index in [2.05, 4.69) is 4.98 Å². The highest BCUT2D eigenvalue weighted by molar-refractivity contribution is 7.89. The number of rotatable bonds is 2. The predicted octanol–water partition coefficient (Wildman–Crippen LogP) is 0.0748. The Bertz CT molecular complexity index is 464. The number of nitrogens with zero attached hydrogens (tertiary/aromatic N) is 2. The summed E-state index contributed by atoms with van der Waals surface area (Å²) in [5.74, 6) is 0.308. The van der Waals surface area contributed by atoms with Crippen molar-refractivity contribution in [1.29, 1.82) is 0 Å². The topological polar surface area (TPSA) is 85.5 Å². The lowest BCUT2D eigenvalue weighted by atomic mass is 10.5. The third kappa shape index (κ3) is 2.74. The smallest absolute Gasteiger partial charge is 0.244 e. The van der Waals surface area contributed by atoms with Crippen molar-refractivity contribution >= 4 is 15.8 Å². The molecule has 1 aromatic heterocycles. The van der Waals surface area contributed by atoms with E-state index in [1.54, 1.807) is 0 Å². The van der Waals surface area contributed by atoms with Crippen LogP contribution in [0.15, 0.2) is 23.2 Å². The van der Waals surface area contributed by atoms with Gasteiger partial charge in [0.15, 0.2) is 0 Å². The Hall–Kier alpha value is -1.18. The summed E-state index contributed by atoms with van der Waals surface area (Å²) >= 11 is 0.